The first-order valence-electron chi connectivity index (χ1n) is 10.6. The summed E-state index contributed by atoms with van der Waals surface area (Å²) < 4.78 is 5.35. The molecule has 158 valence electrons. The first kappa shape index (κ1) is 20.2. The lowest BCUT2D eigenvalue weighted by molar-refractivity contribution is -0.150. The van der Waals surface area contributed by atoms with Gasteiger partial charge in [0.05, 0.1) is 18.9 Å². The Kier molecular flexibility index (Phi) is 5.53. The third-order valence-electron chi connectivity index (χ3n) is 7.08. The van der Waals surface area contributed by atoms with Gasteiger partial charge in [0.25, 0.3) is 0 Å². The van der Waals surface area contributed by atoms with Gasteiger partial charge in [0, 0.05) is 31.1 Å². The van der Waals surface area contributed by atoms with Gasteiger partial charge in [-0.1, -0.05) is 19.1 Å². The van der Waals surface area contributed by atoms with Gasteiger partial charge < -0.3 is 15.0 Å². The van der Waals surface area contributed by atoms with Crippen molar-refractivity contribution in [3.8, 4) is 5.75 Å². The van der Waals surface area contributed by atoms with Crippen LogP contribution in [0, 0.1) is 17.8 Å². The average molecular weight is 402 g/mol. The number of piperidine rings is 1. The second-order valence-electron chi connectivity index (χ2n) is 9.03. The zero-order chi connectivity index (χ0) is 20.6. The molecule has 3 aliphatic rings. The summed E-state index contributed by atoms with van der Waals surface area (Å²) in [4.78, 5) is 27.9. The van der Waals surface area contributed by atoms with Gasteiger partial charge in [-0.15, -0.1) is 0 Å². The summed E-state index contributed by atoms with van der Waals surface area (Å²) in [5, 5.41) is 12.6. The van der Waals surface area contributed by atoms with E-state index >= 15 is 0 Å². The van der Waals surface area contributed by atoms with Crippen LogP contribution in [0.3, 0.4) is 0 Å². The molecule has 1 aliphatic carbocycles. The van der Waals surface area contributed by atoms with Crippen LogP contribution in [0.15, 0.2) is 24.3 Å². The van der Waals surface area contributed by atoms with E-state index in [4.69, 9.17) is 4.74 Å². The monoisotopic (exact) mass is 401 g/mol. The van der Waals surface area contributed by atoms with Crippen molar-refractivity contribution in [3.05, 3.63) is 29.8 Å². The number of amides is 2. The fourth-order valence-electron chi connectivity index (χ4n) is 5.49. The number of carbonyl (C=O) groups excluding carboxylic acids is 2. The fraction of sp³-hybridized carbons (Fsp3) is 0.636. The largest absolute Gasteiger partial charge is 0.497 e. The summed E-state index contributed by atoms with van der Waals surface area (Å²) in [6.07, 6.45) is 3.47. The third kappa shape index (κ3) is 3.98. The topological polar surface area (TPSA) is 101 Å². The van der Waals surface area contributed by atoms with Crippen molar-refractivity contribution in [2.75, 3.05) is 26.7 Å². The van der Waals surface area contributed by atoms with Gasteiger partial charge in [0.1, 0.15) is 5.75 Å². The molecule has 5 unspecified atom stereocenters. The second kappa shape index (κ2) is 7.95. The molecule has 3 N–H and O–H groups in total. The maximum Gasteiger partial charge on any atom is 0.247 e. The molecule has 2 amide bonds. The Labute approximate surface area is 171 Å². The van der Waals surface area contributed by atoms with E-state index in [9.17, 15) is 14.8 Å². The van der Waals surface area contributed by atoms with Crippen LogP contribution in [0.4, 0.5) is 0 Å². The van der Waals surface area contributed by atoms with E-state index in [1.54, 1.807) is 12.6 Å². The van der Waals surface area contributed by atoms with Crippen LogP contribution in [0.5, 0.6) is 5.75 Å². The molecule has 3 fully saturated rings. The minimum atomic E-state index is -0.497. The number of nitrogens with one attached hydrogen (secondary N) is 2. The van der Waals surface area contributed by atoms with Gasteiger partial charge in [0.15, 0.2) is 0 Å². The van der Waals surface area contributed by atoms with E-state index in [-0.39, 0.29) is 29.2 Å². The van der Waals surface area contributed by atoms with Crippen LogP contribution in [0.2, 0.25) is 0 Å². The van der Waals surface area contributed by atoms with E-state index in [1.165, 1.54) is 5.56 Å². The molecule has 1 aromatic carbocycles. The maximum absolute atomic E-state index is 13.5. The molecule has 0 bridgehead atoms. The highest BCUT2D eigenvalue weighted by Crippen LogP contribution is 2.46. The van der Waals surface area contributed by atoms with E-state index in [0.717, 1.165) is 38.1 Å². The molecule has 0 aromatic heterocycles. The number of hydrogen-bond donors (Lipinski definition) is 3. The minimum absolute atomic E-state index is 0.0294. The Morgan fingerprint density at radius 3 is 2.83 bits per heavy atom. The normalized spacial score (nSPS) is 34.0. The summed E-state index contributed by atoms with van der Waals surface area (Å²) in [5.74, 6) is -0.0935. The van der Waals surface area contributed by atoms with Gasteiger partial charge in [0.2, 0.25) is 11.8 Å². The first-order valence-corrected chi connectivity index (χ1v) is 10.6. The summed E-state index contributed by atoms with van der Waals surface area (Å²) in [6.45, 7) is 4.32. The van der Waals surface area contributed by atoms with Gasteiger partial charge in [-0.25, -0.2) is 5.48 Å². The average Bonchev–Trinajstić information content (AvgIpc) is 3.50. The lowest BCUT2D eigenvalue weighted by atomic mass is 9.67. The van der Waals surface area contributed by atoms with Crippen LogP contribution >= 0.6 is 0 Å². The fourth-order valence-corrected chi connectivity index (χ4v) is 5.49. The standard InChI is InChI=1S/C22H31N3O4/c1-14-10-22(13-23-22)11-18(20(26)24-28)19(14)21(27)25-8-4-6-16(12-25)15-5-3-7-17(9-15)29-2/h3,5,7,9,14,16,18-19,23,28H,4,6,8,10-13H2,1-2H3,(H,24,26). The van der Waals surface area contributed by atoms with Crippen LogP contribution in [0.25, 0.3) is 0 Å². The number of rotatable bonds is 4. The molecule has 29 heavy (non-hydrogen) atoms. The molecule has 2 aliphatic heterocycles. The molecule has 1 saturated carbocycles. The summed E-state index contributed by atoms with van der Waals surface area (Å²) >= 11 is 0. The highest BCUT2D eigenvalue weighted by Gasteiger charge is 2.55. The number of hydroxylamine groups is 1. The number of methoxy groups -OCH3 is 1. The van der Waals surface area contributed by atoms with Gasteiger partial charge in [-0.3, -0.25) is 14.8 Å². The van der Waals surface area contributed by atoms with Gasteiger partial charge in [-0.2, -0.15) is 0 Å². The Morgan fingerprint density at radius 1 is 1.34 bits per heavy atom. The van der Waals surface area contributed by atoms with Crippen molar-refractivity contribution in [1.29, 1.82) is 0 Å². The molecule has 1 aromatic rings. The highest BCUT2D eigenvalue weighted by atomic mass is 16.5. The summed E-state index contributed by atoms with van der Waals surface area (Å²) in [5.41, 5.74) is 2.96. The zero-order valence-corrected chi connectivity index (χ0v) is 17.2. The molecule has 5 atom stereocenters. The van der Waals surface area contributed by atoms with E-state index in [1.807, 2.05) is 23.1 Å². The van der Waals surface area contributed by atoms with E-state index < -0.39 is 11.8 Å². The quantitative estimate of drug-likeness (QED) is 0.406. The lowest BCUT2D eigenvalue weighted by Crippen LogP contribution is -2.53. The molecule has 2 heterocycles. The molecule has 0 radical (unpaired) electrons. The number of nitrogens with zero attached hydrogens (tertiary/aromatic N) is 1. The van der Waals surface area contributed by atoms with Gasteiger partial charge in [-0.05, 0) is 49.3 Å². The van der Waals surface area contributed by atoms with Crippen molar-refractivity contribution in [1.82, 2.24) is 15.7 Å². The SMILES string of the molecule is COc1cccc(C2CCCN(C(=O)C3C(C)CC4(CN4)CC3C(=O)NO)C2)c1. The van der Waals surface area contributed by atoms with Crippen molar-refractivity contribution in [2.24, 2.45) is 17.8 Å². The predicted molar refractivity (Wildman–Crippen MR) is 108 cm³/mol. The van der Waals surface area contributed by atoms with Crippen LogP contribution in [-0.4, -0.2) is 54.2 Å². The molecule has 2 saturated heterocycles. The second-order valence-corrected chi connectivity index (χ2v) is 9.03. The van der Waals surface area contributed by atoms with Crippen LogP contribution < -0.4 is 15.5 Å². The molecule has 1 spiro atoms. The third-order valence-corrected chi connectivity index (χ3v) is 7.08. The number of likely N-dealkylation sites (tertiary alicyclic amines) is 1. The zero-order valence-electron chi connectivity index (χ0n) is 17.2. The number of carbonyl (C=O) groups is 2. The molecular formula is C22H31N3O4. The van der Waals surface area contributed by atoms with E-state index in [0.29, 0.717) is 13.0 Å². The molecule has 4 rings (SSSR count). The van der Waals surface area contributed by atoms with Crippen molar-refractivity contribution >= 4 is 11.8 Å². The highest BCUT2D eigenvalue weighted by molar-refractivity contribution is 5.88. The Morgan fingerprint density at radius 2 is 2.14 bits per heavy atom. The van der Waals surface area contributed by atoms with Crippen molar-refractivity contribution < 1.29 is 19.5 Å². The molecule has 7 heteroatoms. The van der Waals surface area contributed by atoms with Crippen LogP contribution in [-0.2, 0) is 9.59 Å². The lowest BCUT2D eigenvalue weighted by Gasteiger charge is -2.42. The first-order chi connectivity index (χ1) is 14.0. The van der Waals surface area contributed by atoms with Crippen molar-refractivity contribution in [3.63, 3.8) is 0 Å². The van der Waals surface area contributed by atoms with Crippen LogP contribution in [0.1, 0.15) is 44.1 Å². The van der Waals surface area contributed by atoms with Gasteiger partial charge >= 0.3 is 0 Å². The Bertz CT molecular complexity index is 779. The van der Waals surface area contributed by atoms with E-state index in [2.05, 4.69) is 18.3 Å². The number of ether oxygens (including phenoxy) is 1. The number of hydrogen-bond acceptors (Lipinski definition) is 5. The smallest absolute Gasteiger partial charge is 0.247 e. The summed E-state index contributed by atoms with van der Waals surface area (Å²) in [6, 6.07) is 8.06. The molecule has 7 nitrogen and oxygen atoms in total. The summed E-state index contributed by atoms with van der Waals surface area (Å²) in [7, 11) is 1.66. The van der Waals surface area contributed by atoms with Crippen molar-refractivity contribution in [2.45, 2.75) is 44.1 Å². The Balaban J connectivity index is 1.51. The Hall–Kier alpha value is -2.12. The predicted octanol–water partition coefficient (Wildman–Crippen LogP) is 1.91. The molecular weight excluding hydrogens is 370 g/mol. The maximum atomic E-state index is 13.5. The minimum Gasteiger partial charge on any atom is -0.497 e. The number of benzene rings is 1.